The Morgan fingerprint density at radius 2 is 1.68 bits per heavy atom. The fraction of sp³-hybridized carbons (Fsp3) is 0.259. The maximum Gasteiger partial charge on any atom is 0.264 e. The van der Waals surface area contributed by atoms with Crippen LogP contribution in [0, 0.1) is 0 Å². The number of ether oxygens (including phenoxy) is 2. The molecule has 11 heteroatoms. The molecule has 202 valence electrons. The number of nitrogens with one attached hydrogen (secondary N) is 1. The molecule has 0 spiro atoms. The van der Waals surface area contributed by atoms with Crippen LogP contribution in [0.15, 0.2) is 82.2 Å². The summed E-state index contributed by atoms with van der Waals surface area (Å²) < 4.78 is 40.4. The van der Waals surface area contributed by atoms with Crippen LogP contribution >= 0.6 is 15.9 Å². The summed E-state index contributed by atoms with van der Waals surface area (Å²) in [7, 11) is 0.117. The third kappa shape index (κ3) is 6.65. The molecular weight excluding hydrogens is 574 g/mol. The average Bonchev–Trinajstić information content (AvgIpc) is 2.93. The predicted molar refractivity (Wildman–Crippen MR) is 149 cm³/mol. The number of rotatable bonds is 11. The Labute approximate surface area is 231 Å². The molecule has 1 unspecified atom stereocenters. The minimum absolute atomic E-state index is 0.00411. The van der Waals surface area contributed by atoms with Gasteiger partial charge in [-0.15, -0.1) is 0 Å². The fourth-order valence-electron chi connectivity index (χ4n) is 3.85. The van der Waals surface area contributed by atoms with Gasteiger partial charge in [0.2, 0.25) is 11.8 Å². The quantitative estimate of drug-likeness (QED) is 0.357. The van der Waals surface area contributed by atoms with E-state index in [9.17, 15) is 18.0 Å². The third-order valence-corrected chi connectivity index (χ3v) is 8.19. The molecule has 1 atom stereocenters. The lowest BCUT2D eigenvalue weighted by atomic mass is 10.1. The Morgan fingerprint density at radius 3 is 2.29 bits per heavy atom. The standard InChI is InChI=1S/C27H30BrN3O6S/c1-19(27(33)29-2)30(17-20-9-8-10-21(28)15-20)26(32)18-31(38(34,35)23-11-6-5-7-12-23)24-16-22(36-3)13-14-25(24)37-4/h5-16,19H,17-18H2,1-4H3,(H,29,33). The lowest BCUT2D eigenvalue weighted by Gasteiger charge is -2.32. The summed E-state index contributed by atoms with van der Waals surface area (Å²) in [4.78, 5) is 27.8. The molecule has 0 aliphatic carbocycles. The first kappa shape index (κ1) is 29.0. The predicted octanol–water partition coefficient (Wildman–Crippen LogP) is 3.82. The Morgan fingerprint density at radius 1 is 0.974 bits per heavy atom. The molecule has 0 fully saturated rings. The first-order chi connectivity index (χ1) is 18.1. The highest BCUT2D eigenvalue weighted by Gasteiger charge is 2.33. The van der Waals surface area contributed by atoms with Gasteiger partial charge in [0, 0.05) is 24.1 Å². The lowest BCUT2D eigenvalue weighted by Crippen LogP contribution is -2.50. The summed E-state index contributed by atoms with van der Waals surface area (Å²) in [5, 5.41) is 2.56. The van der Waals surface area contributed by atoms with Gasteiger partial charge in [0.1, 0.15) is 24.1 Å². The van der Waals surface area contributed by atoms with Crippen molar-refractivity contribution in [3.8, 4) is 11.5 Å². The number of likely N-dealkylation sites (N-methyl/N-ethyl adjacent to an activating group) is 1. The number of methoxy groups -OCH3 is 2. The zero-order valence-electron chi connectivity index (χ0n) is 21.5. The van der Waals surface area contributed by atoms with Crippen LogP contribution in [0.4, 0.5) is 5.69 Å². The number of sulfonamides is 1. The van der Waals surface area contributed by atoms with E-state index >= 15 is 0 Å². The zero-order valence-corrected chi connectivity index (χ0v) is 24.0. The number of carbonyl (C=O) groups is 2. The highest BCUT2D eigenvalue weighted by Crippen LogP contribution is 2.36. The topological polar surface area (TPSA) is 105 Å². The molecule has 0 aromatic heterocycles. The van der Waals surface area contributed by atoms with Crippen molar-refractivity contribution >= 4 is 43.5 Å². The second-order valence-electron chi connectivity index (χ2n) is 8.30. The highest BCUT2D eigenvalue weighted by molar-refractivity contribution is 9.10. The SMILES string of the molecule is CNC(=O)C(C)N(Cc1cccc(Br)c1)C(=O)CN(c1cc(OC)ccc1OC)S(=O)(=O)c1ccccc1. The number of benzene rings is 3. The van der Waals surface area contributed by atoms with Crippen molar-refractivity contribution in [1.82, 2.24) is 10.2 Å². The first-order valence-corrected chi connectivity index (χ1v) is 13.9. The van der Waals surface area contributed by atoms with E-state index < -0.39 is 28.5 Å². The van der Waals surface area contributed by atoms with Crippen LogP contribution in [0.25, 0.3) is 0 Å². The molecule has 0 aliphatic rings. The van der Waals surface area contributed by atoms with Gasteiger partial charge in [-0.25, -0.2) is 8.42 Å². The van der Waals surface area contributed by atoms with Crippen LogP contribution in [0.2, 0.25) is 0 Å². The van der Waals surface area contributed by atoms with Crippen molar-refractivity contribution in [2.45, 2.75) is 24.4 Å². The second-order valence-corrected chi connectivity index (χ2v) is 11.1. The molecule has 3 aromatic rings. The molecule has 3 aromatic carbocycles. The molecular formula is C27H30BrN3O6S. The van der Waals surface area contributed by atoms with Gasteiger partial charge in [0.15, 0.2) is 0 Å². The number of hydrogen-bond donors (Lipinski definition) is 1. The van der Waals surface area contributed by atoms with Crippen LogP contribution in [-0.2, 0) is 26.2 Å². The summed E-state index contributed by atoms with van der Waals surface area (Å²) in [5.41, 5.74) is 0.888. The van der Waals surface area contributed by atoms with E-state index in [-0.39, 0.29) is 28.8 Å². The van der Waals surface area contributed by atoms with Crippen molar-refractivity contribution in [2.24, 2.45) is 0 Å². The van der Waals surface area contributed by atoms with E-state index in [1.54, 1.807) is 37.3 Å². The van der Waals surface area contributed by atoms with Gasteiger partial charge in [-0.2, -0.15) is 0 Å². The number of nitrogens with zero attached hydrogens (tertiary/aromatic N) is 2. The molecule has 0 bridgehead atoms. The smallest absolute Gasteiger partial charge is 0.264 e. The molecule has 0 heterocycles. The summed E-state index contributed by atoms with van der Waals surface area (Å²) >= 11 is 3.43. The van der Waals surface area contributed by atoms with Crippen molar-refractivity contribution in [3.05, 3.63) is 82.8 Å². The summed E-state index contributed by atoms with van der Waals surface area (Å²) in [5.74, 6) is -0.350. The fourth-order valence-corrected chi connectivity index (χ4v) is 5.73. The number of hydrogen-bond acceptors (Lipinski definition) is 6. The van der Waals surface area contributed by atoms with Crippen molar-refractivity contribution in [2.75, 3.05) is 32.1 Å². The largest absolute Gasteiger partial charge is 0.497 e. The Hall–Kier alpha value is -3.57. The molecule has 38 heavy (non-hydrogen) atoms. The summed E-state index contributed by atoms with van der Waals surface area (Å²) in [6.07, 6.45) is 0. The maximum atomic E-state index is 13.9. The molecule has 3 rings (SSSR count). The van der Waals surface area contributed by atoms with Crippen molar-refractivity contribution in [1.29, 1.82) is 0 Å². The normalized spacial score (nSPS) is 11.8. The van der Waals surface area contributed by atoms with E-state index in [2.05, 4.69) is 21.2 Å². The molecule has 0 saturated heterocycles. The maximum absolute atomic E-state index is 13.9. The Bertz CT molecular complexity index is 1380. The minimum atomic E-state index is -4.23. The summed E-state index contributed by atoms with van der Waals surface area (Å²) in [6, 6.07) is 18.9. The van der Waals surface area contributed by atoms with Gasteiger partial charge in [0.05, 0.1) is 24.8 Å². The van der Waals surface area contributed by atoms with Crippen molar-refractivity contribution < 1.29 is 27.5 Å². The average molecular weight is 605 g/mol. The van der Waals surface area contributed by atoms with E-state index in [1.807, 2.05) is 24.3 Å². The van der Waals surface area contributed by atoms with Gasteiger partial charge in [-0.3, -0.25) is 13.9 Å². The third-order valence-electron chi connectivity index (χ3n) is 5.92. The van der Waals surface area contributed by atoms with Gasteiger partial charge in [-0.05, 0) is 48.9 Å². The van der Waals surface area contributed by atoms with Gasteiger partial charge in [-0.1, -0.05) is 46.3 Å². The van der Waals surface area contributed by atoms with Crippen LogP contribution in [0.1, 0.15) is 12.5 Å². The molecule has 9 nitrogen and oxygen atoms in total. The Kier molecular flexibility index (Phi) is 9.76. The first-order valence-electron chi connectivity index (χ1n) is 11.7. The molecule has 2 amide bonds. The van der Waals surface area contributed by atoms with Gasteiger partial charge in [0.25, 0.3) is 10.0 Å². The molecule has 0 aliphatic heterocycles. The molecule has 0 radical (unpaired) electrons. The molecule has 1 N–H and O–H groups in total. The van der Waals surface area contributed by atoms with Gasteiger partial charge >= 0.3 is 0 Å². The molecule has 0 saturated carbocycles. The van der Waals surface area contributed by atoms with E-state index in [4.69, 9.17) is 9.47 Å². The number of anilines is 1. The van der Waals surface area contributed by atoms with E-state index in [1.165, 1.54) is 44.4 Å². The second kappa shape index (κ2) is 12.8. The van der Waals surface area contributed by atoms with Crippen LogP contribution in [-0.4, -0.2) is 59.0 Å². The van der Waals surface area contributed by atoms with Crippen LogP contribution < -0.4 is 19.1 Å². The van der Waals surface area contributed by atoms with Crippen LogP contribution in [0.5, 0.6) is 11.5 Å². The van der Waals surface area contributed by atoms with E-state index in [0.29, 0.717) is 5.75 Å². The summed E-state index contributed by atoms with van der Waals surface area (Å²) in [6.45, 7) is 1.09. The monoisotopic (exact) mass is 603 g/mol. The number of carbonyl (C=O) groups excluding carboxylic acids is 2. The Balaban J connectivity index is 2.11. The lowest BCUT2D eigenvalue weighted by molar-refractivity contribution is -0.139. The van der Waals surface area contributed by atoms with Crippen LogP contribution in [0.3, 0.4) is 0 Å². The van der Waals surface area contributed by atoms with E-state index in [0.717, 1.165) is 14.3 Å². The van der Waals surface area contributed by atoms with Crippen molar-refractivity contribution in [3.63, 3.8) is 0 Å². The zero-order chi connectivity index (χ0) is 27.9. The minimum Gasteiger partial charge on any atom is -0.497 e. The number of halogens is 1. The highest BCUT2D eigenvalue weighted by atomic mass is 79.9. The van der Waals surface area contributed by atoms with Gasteiger partial charge < -0.3 is 19.7 Å². The number of amides is 2.